The molecule has 1 aliphatic heterocycles. The lowest BCUT2D eigenvalue weighted by Gasteiger charge is -2.07. The fraction of sp³-hybridized carbons (Fsp3) is 0.158. The maximum atomic E-state index is 12.3. The summed E-state index contributed by atoms with van der Waals surface area (Å²) in [6.45, 7) is 3.52. The Morgan fingerprint density at radius 3 is 2.57 bits per heavy atom. The minimum absolute atomic E-state index is 0.175. The van der Waals surface area contributed by atoms with Gasteiger partial charge < -0.3 is 9.47 Å². The molecule has 0 aliphatic carbocycles. The molecule has 0 fully saturated rings. The zero-order chi connectivity index (χ0) is 16.4. The van der Waals surface area contributed by atoms with E-state index in [9.17, 15) is 9.59 Å². The van der Waals surface area contributed by atoms with Crippen molar-refractivity contribution in [2.24, 2.45) is 5.92 Å². The molecule has 0 N–H and O–H groups in total. The van der Waals surface area contributed by atoms with Crippen LogP contribution in [-0.4, -0.2) is 11.8 Å². The molecule has 0 unspecified atom stereocenters. The molecule has 4 heteroatoms. The molecule has 0 spiro atoms. The minimum atomic E-state index is -0.325. The Bertz CT molecular complexity index is 788. The topological polar surface area (TPSA) is 52.6 Å². The van der Waals surface area contributed by atoms with Gasteiger partial charge in [0.05, 0.1) is 11.5 Å². The first-order valence-corrected chi connectivity index (χ1v) is 7.39. The van der Waals surface area contributed by atoms with Gasteiger partial charge >= 0.3 is 5.97 Å². The molecule has 0 atom stereocenters. The number of Topliss-reactive ketones (excluding diaryl/α,β-unsaturated/α-hetero) is 1. The second-order valence-electron chi connectivity index (χ2n) is 5.58. The van der Waals surface area contributed by atoms with Gasteiger partial charge in [-0.2, -0.15) is 0 Å². The molecule has 23 heavy (non-hydrogen) atoms. The number of benzene rings is 2. The Kier molecular flexibility index (Phi) is 3.98. The van der Waals surface area contributed by atoms with Crippen molar-refractivity contribution in [1.82, 2.24) is 0 Å². The Hall–Kier alpha value is -2.88. The highest BCUT2D eigenvalue weighted by Gasteiger charge is 2.28. The smallest absolute Gasteiger partial charge is 0.313 e. The molecule has 0 amide bonds. The van der Waals surface area contributed by atoms with Crippen molar-refractivity contribution in [2.45, 2.75) is 13.8 Å². The maximum absolute atomic E-state index is 12.3. The van der Waals surface area contributed by atoms with Crippen molar-refractivity contribution >= 4 is 17.8 Å². The lowest BCUT2D eigenvalue weighted by molar-refractivity contribution is -0.137. The van der Waals surface area contributed by atoms with Crippen molar-refractivity contribution in [1.29, 1.82) is 0 Å². The summed E-state index contributed by atoms with van der Waals surface area (Å²) in [4.78, 5) is 24.0. The van der Waals surface area contributed by atoms with Crippen LogP contribution in [-0.2, 0) is 4.79 Å². The average Bonchev–Trinajstić information content (AvgIpc) is 2.84. The predicted octanol–water partition coefficient (Wildman–Crippen LogP) is 3.86. The van der Waals surface area contributed by atoms with Crippen LogP contribution in [0.15, 0.2) is 54.3 Å². The van der Waals surface area contributed by atoms with Crippen LogP contribution in [0.5, 0.6) is 11.5 Å². The van der Waals surface area contributed by atoms with Crippen LogP contribution in [0.2, 0.25) is 0 Å². The molecule has 2 aromatic carbocycles. The van der Waals surface area contributed by atoms with Crippen molar-refractivity contribution in [3.05, 3.63) is 65.4 Å². The third kappa shape index (κ3) is 3.16. The van der Waals surface area contributed by atoms with E-state index in [0.29, 0.717) is 17.1 Å². The lowest BCUT2D eigenvalue weighted by Crippen LogP contribution is -2.14. The number of esters is 1. The van der Waals surface area contributed by atoms with Gasteiger partial charge in [0.15, 0.2) is 5.76 Å². The molecule has 116 valence electrons. The quantitative estimate of drug-likeness (QED) is 0.491. The molecule has 2 aromatic rings. The van der Waals surface area contributed by atoms with Gasteiger partial charge in [0.1, 0.15) is 11.5 Å². The second-order valence-corrected chi connectivity index (χ2v) is 5.58. The fourth-order valence-corrected chi connectivity index (χ4v) is 2.17. The average molecular weight is 308 g/mol. The van der Waals surface area contributed by atoms with Gasteiger partial charge in [0, 0.05) is 6.07 Å². The first-order chi connectivity index (χ1) is 11.0. The number of hydrogen-bond donors (Lipinski definition) is 0. The number of carbonyl (C=O) groups is 2. The number of hydrogen-bond acceptors (Lipinski definition) is 4. The van der Waals surface area contributed by atoms with Crippen LogP contribution in [0.3, 0.4) is 0 Å². The number of ether oxygens (including phenoxy) is 2. The second kappa shape index (κ2) is 6.08. The summed E-state index contributed by atoms with van der Waals surface area (Å²) in [7, 11) is 0. The summed E-state index contributed by atoms with van der Waals surface area (Å²) >= 11 is 0. The minimum Gasteiger partial charge on any atom is -0.452 e. The molecular weight excluding hydrogens is 292 g/mol. The zero-order valence-electron chi connectivity index (χ0n) is 12.9. The van der Waals surface area contributed by atoms with Crippen LogP contribution in [0.1, 0.15) is 29.8 Å². The van der Waals surface area contributed by atoms with Crippen LogP contribution in [0, 0.1) is 5.92 Å². The number of ketones is 1. The summed E-state index contributed by atoms with van der Waals surface area (Å²) in [6, 6.07) is 14.3. The van der Waals surface area contributed by atoms with Gasteiger partial charge in [-0.3, -0.25) is 9.59 Å². The summed E-state index contributed by atoms with van der Waals surface area (Å²) in [5, 5.41) is 0. The third-order valence-electron chi connectivity index (χ3n) is 3.43. The normalized spacial score (nSPS) is 14.7. The Morgan fingerprint density at radius 1 is 1.13 bits per heavy atom. The van der Waals surface area contributed by atoms with Gasteiger partial charge in [0.2, 0.25) is 5.78 Å². The fourth-order valence-electron chi connectivity index (χ4n) is 2.17. The molecular formula is C19H16O4. The largest absolute Gasteiger partial charge is 0.452 e. The van der Waals surface area contributed by atoms with Gasteiger partial charge in [0.25, 0.3) is 0 Å². The maximum Gasteiger partial charge on any atom is 0.313 e. The predicted molar refractivity (Wildman–Crippen MR) is 86.3 cm³/mol. The highest BCUT2D eigenvalue weighted by atomic mass is 16.5. The molecule has 1 heterocycles. The molecule has 0 saturated heterocycles. The van der Waals surface area contributed by atoms with Crippen LogP contribution >= 0.6 is 0 Å². The molecule has 0 radical (unpaired) electrons. The number of allylic oxidation sites excluding steroid dienone is 1. The Labute approximate surface area is 134 Å². The van der Waals surface area contributed by atoms with Gasteiger partial charge in [-0.1, -0.05) is 44.2 Å². The van der Waals surface area contributed by atoms with Crippen LogP contribution < -0.4 is 9.47 Å². The summed E-state index contributed by atoms with van der Waals surface area (Å²) < 4.78 is 10.9. The van der Waals surface area contributed by atoms with E-state index < -0.39 is 0 Å². The summed E-state index contributed by atoms with van der Waals surface area (Å²) in [5.41, 5.74) is 1.35. The van der Waals surface area contributed by atoms with E-state index in [-0.39, 0.29) is 23.4 Å². The van der Waals surface area contributed by atoms with Crippen LogP contribution in [0.4, 0.5) is 0 Å². The zero-order valence-corrected chi connectivity index (χ0v) is 12.9. The lowest BCUT2D eigenvalue weighted by atomic mass is 10.1. The first-order valence-electron chi connectivity index (χ1n) is 7.39. The third-order valence-corrected chi connectivity index (χ3v) is 3.43. The van der Waals surface area contributed by atoms with Crippen molar-refractivity contribution in [2.75, 3.05) is 0 Å². The van der Waals surface area contributed by atoms with E-state index >= 15 is 0 Å². The number of carbonyl (C=O) groups excluding carboxylic acids is 2. The molecule has 0 aromatic heterocycles. The highest BCUT2D eigenvalue weighted by molar-refractivity contribution is 6.14. The SMILES string of the molecule is CC(C)C(=O)Oc1ccc2c(c1)OC(=Cc1ccccc1)C2=O. The first kappa shape index (κ1) is 15.0. The summed E-state index contributed by atoms with van der Waals surface area (Å²) in [6.07, 6.45) is 1.70. The highest BCUT2D eigenvalue weighted by Crippen LogP contribution is 2.35. The van der Waals surface area contributed by atoms with E-state index in [2.05, 4.69) is 0 Å². The van der Waals surface area contributed by atoms with Gasteiger partial charge in [-0.05, 0) is 23.8 Å². The Morgan fingerprint density at radius 2 is 1.87 bits per heavy atom. The van der Waals surface area contributed by atoms with E-state index in [1.54, 1.807) is 38.1 Å². The van der Waals surface area contributed by atoms with E-state index in [0.717, 1.165) is 5.56 Å². The van der Waals surface area contributed by atoms with Gasteiger partial charge in [-0.25, -0.2) is 0 Å². The molecule has 4 nitrogen and oxygen atoms in total. The van der Waals surface area contributed by atoms with Crippen LogP contribution in [0.25, 0.3) is 6.08 Å². The molecule has 1 aliphatic rings. The van der Waals surface area contributed by atoms with Crippen molar-refractivity contribution in [3.8, 4) is 11.5 Å². The van der Waals surface area contributed by atoms with E-state index in [1.165, 1.54) is 0 Å². The summed E-state index contributed by atoms with van der Waals surface area (Å²) in [5.74, 6) is 0.320. The monoisotopic (exact) mass is 308 g/mol. The standard InChI is InChI=1S/C19H16O4/c1-12(2)19(21)22-14-8-9-15-16(11-14)23-17(18(15)20)10-13-6-4-3-5-7-13/h3-12H,1-2H3. The molecule has 0 saturated carbocycles. The molecule has 0 bridgehead atoms. The van der Waals surface area contributed by atoms with Crippen molar-refractivity contribution < 1.29 is 19.1 Å². The molecule has 3 rings (SSSR count). The van der Waals surface area contributed by atoms with E-state index in [1.807, 2.05) is 30.3 Å². The number of rotatable bonds is 3. The van der Waals surface area contributed by atoms with Crippen molar-refractivity contribution in [3.63, 3.8) is 0 Å². The van der Waals surface area contributed by atoms with E-state index in [4.69, 9.17) is 9.47 Å². The Balaban J connectivity index is 1.85. The number of fused-ring (bicyclic) bond motifs is 1. The van der Waals surface area contributed by atoms with Gasteiger partial charge in [-0.15, -0.1) is 0 Å².